The second kappa shape index (κ2) is 11.0. The number of aromatic carboxylic acids is 2. The number of aryl methyl sites for hydroxylation is 1. The lowest BCUT2D eigenvalue weighted by molar-refractivity contribution is 0.0463. The molecule has 0 saturated carbocycles. The Bertz CT molecular complexity index is 1280. The van der Waals surface area contributed by atoms with E-state index in [1.807, 2.05) is 31.2 Å². The van der Waals surface area contributed by atoms with E-state index in [2.05, 4.69) is 4.74 Å². The zero-order valence-electron chi connectivity index (χ0n) is 18.9. The minimum Gasteiger partial charge on any atom is -0.478 e. The highest BCUT2D eigenvalue weighted by Gasteiger charge is 2.21. The zero-order chi connectivity index (χ0) is 25.5. The third kappa shape index (κ3) is 6.02. The van der Waals surface area contributed by atoms with E-state index in [-0.39, 0.29) is 40.4 Å². The molecule has 0 amide bonds. The number of carbonyl (C=O) groups is 4. The van der Waals surface area contributed by atoms with Crippen LogP contribution in [0.5, 0.6) is 11.5 Å². The van der Waals surface area contributed by atoms with Crippen LogP contribution in [0.3, 0.4) is 0 Å². The maximum atomic E-state index is 12.6. The summed E-state index contributed by atoms with van der Waals surface area (Å²) in [6.07, 6.45) is 0.879. The first-order chi connectivity index (χ1) is 16.7. The van der Waals surface area contributed by atoms with E-state index in [9.17, 15) is 29.4 Å². The molecule has 0 aliphatic heterocycles. The summed E-state index contributed by atoms with van der Waals surface area (Å²) >= 11 is 0. The molecule has 0 heterocycles. The molecule has 9 heteroatoms. The number of esters is 2. The first-order valence-electron chi connectivity index (χ1n) is 10.5. The van der Waals surface area contributed by atoms with E-state index < -0.39 is 23.9 Å². The summed E-state index contributed by atoms with van der Waals surface area (Å²) in [6, 6.07) is 14.9. The van der Waals surface area contributed by atoms with Gasteiger partial charge in [-0.15, -0.1) is 0 Å². The van der Waals surface area contributed by atoms with Crippen LogP contribution < -0.4 is 4.74 Å². The van der Waals surface area contributed by atoms with Gasteiger partial charge in [0, 0.05) is 0 Å². The van der Waals surface area contributed by atoms with Gasteiger partial charge in [-0.25, -0.2) is 19.2 Å². The highest BCUT2D eigenvalue weighted by atomic mass is 16.5. The molecule has 0 spiro atoms. The second-order valence-corrected chi connectivity index (χ2v) is 7.36. The van der Waals surface area contributed by atoms with Crippen molar-refractivity contribution in [3.8, 4) is 11.5 Å². The van der Waals surface area contributed by atoms with Crippen molar-refractivity contribution in [3.63, 3.8) is 0 Å². The molecule has 0 bridgehead atoms. The minimum absolute atomic E-state index is 0.0215. The van der Waals surface area contributed by atoms with Crippen molar-refractivity contribution in [2.24, 2.45) is 0 Å². The van der Waals surface area contributed by atoms with E-state index in [4.69, 9.17) is 9.47 Å². The topological polar surface area (TPSA) is 136 Å². The smallest absolute Gasteiger partial charge is 0.339 e. The summed E-state index contributed by atoms with van der Waals surface area (Å²) in [5.74, 6) is -4.26. The highest BCUT2D eigenvalue weighted by Crippen LogP contribution is 2.27. The van der Waals surface area contributed by atoms with Crippen molar-refractivity contribution >= 4 is 23.9 Å². The van der Waals surface area contributed by atoms with Crippen LogP contribution in [0.15, 0.2) is 60.7 Å². The Labute approximate surface area is 200 Å². The minimum atomic E-state index is -1.37. The quantitative estimate of drug-likeness (QED) is 0.423. The lowest BCUT2D eigenvalue weighted by Gasteiger charge is -2.12. The molecule has 35 heavy (non-hydrogen) atoms. The number of hydrogen-bond donors (Lipinski definition) is 2. The lowest BCUT2D eigenvalue weighted by atomic mass is 10.1. The third-order valence-corrected chi connectivity index (χ3v) is 5.10. The fourth-order valence-corrected chi connectivity index (χ4v) is 3.23. The van der Waals surface area contributed by atoms with Gasteiger partial charge in [0.25, 0.3) is 0 Å². The summed E-state index contributed by atoms with van der Waals surface area (Å²) in [6.45, 7) is 2.01. The van der Waals surface area contributed by atoms with Gasteiger partial charge in [-0.2, -0.15) is 0 Å². The summed E-state index contributed by atoms with van der Waals surface area (Å²) in [5.41, 5.74) is 0.885. The van der Waals surface area contributed by atoms with Gasteiger partial charge in [-0.05, 0) is 53.9 Å². The van der Waals surface area contributed by atoms with Gasteiger partial charge >= 0.3 is 23.9 Å². The molecule has 0 atom stereocenters. The predicted octanol–water partition coefficient (Wildman–Crippen LogP) is 4.58. The molecule has 0 unspecified atom stereocenters. The molecule has 3 rings (SSSR count). The van der Waals surface area contributed by atoms with Gasteiger partial charge in [0.15, 0.2) is 0 Å². The Morgan fingerprint density at radius 3 is 1.77 bits per heavy atom. The first-order valence-corrected chi connectivity index (χ1v) is 10.5. The van der Waals surface area contributed by atoms with Crippen LogP contribution in [-0.4, -0.2) is 41.2 Å². The van der Waals surface area contributed by atoms with Gasteiger partial charge in [0.1, 0.15) is 18.1 Å². The van der Waals surface area contributed by atoms with Crippen molar-refractivity contribution in [2.75, 3.05) is 7.11 Å². The van der Waals surface area contributed by atoms with E-state index in [1.54, 1.807) is 0 Å². The molecule has 2 N–H and O–H groups in total. The third-order valence-electron chi connectivity index (χ3n) is 5.10. The molecule has 3 aromatic rings. The van der Waals surface area contributed by atoms with Crippen LogP contribution in [0.1, 0.15) is 59.5 Å². The van der Waals surface area contributed by atoms with Gasteiger partial charge in [-0.1, -0.05) is 31.2 Å². The molecule has 0 aliphatic carbocycles. The molecule has 0 aliphatic rings. The molecule has 0 saturated heterocycles. The second-order valence-electron chi connectivity index (χ2n) is 7.36. The van der Waals surface area contributed by atoms with Crippen molar-refractivity contribution in [1.29, 1.82) is 0 Å². The van der Waals surface area contributed by atoms with Crippen LogP contribution in [0.25, 0.3) is 0 Å². The summed E-state index contributed by atoms with van der Waals surface area (Å²) < 4.78 is 15.5. The Kier molecular flexibility index (Phi) is 7.83. The molecule has 0 radical (unpaired) electrons. The monoisotopic (exact) mass is 478 g/mol. The van der Waals surface area contributed by atoms with E-state index in [0.717, 1.165) is 30.7 Å². The van der Waals surface area contributed by atoms with Crippen molar-refractivity contribution in [2.45, 2.75) is 20.0 Å². The number of ether oxygens (including phenoxy) is 3. The van der Waals surface area contributed by atoms with Gasteiger partial charge in [0.05, 0.1) is 29.4 Å². The van der Waals surface area contributed by atoms with Crippen molar-refractivity contribution in [3.05, 3.63) is 94.0 Å². The predicted molar refractivity (Wildman–Crippen MR) is 123 cm³/mol. The molecular weight excluding hydrogens is 456 g/mol. The average molecular weight is 478 g/mol. The maximum absolute atomic E-state index is 12.6. The highest BCUT2D eigenvalue weighted by molar-refractivity contribution is 6.03. The van der Waals surface area contributed by atoms with Crippen LogP contribution in [0, 0.1) is 0 Å². The van der Waals surface area contributed by atoms with Gasteiger partial charge < -0.3 is 24.4 Å². The van der Waals surface area contributed by atoms with Crippen molar-refractivity contribution < 1.29 is 43.6 Å². The van der Waals surface area contributed by atoms with Crippen LogP contribution >= 0.6 is 0 Å². The number of carboxylic acids is 2. The number of carbonyl (C=O) groups excluding carboxylic acids is 2. The fourth-order valence-electron chi connectivity index (χ4n) is 3.23. The molecular formula is C26H22O9. The Balaban J connectivity index is 1.81. The van der Waals surface area contributed by atoms with Crippen LogP contribution in [0.2, 0.25) is 0 Å². The normalized spacial score (nSPS) is 10.3. The standard InChI is InChI=1S/C26H22O9/c1-3-15-4-6-16(7-5-15)14-34-26(32)20-11-9-17(12-21(20)24(29)30)35-18-8-10-19(23(27)28)22(13-18)25(31)33-2/h4-13H,3,14H2,1-2H3,(H,27,28)(H,29,30). The lowest BCUT2D eigenvalue weighted by Crippen LogP contribution is -2.12. The maximum Gasteiger partial charge on any atom is 0.339 e. The number of benzene rings is 3. The summed E-state index contributed by atoms with van der Waals surface area (Å²) in [7, 11) is 1.11. The number of hydrogen-bond acceptors (Lipinski definition) is 7. The molecule has 9 nitrogen and oxygen atoms in total. The van der Waals surface area contributed by atoms with Crippen LogP contribution in [0.4, 0.5) is 0 Å². The van der Waals surface area contributed by atoms with Gasteiger partial charge in [-0.3, -0.25) is 0 Å². The Hall–Kier alpha value is -4.66. The molecule has 0 fully saturated rings. The molecule has 0 aromatic heterocycles. The Morgan fingerprint density at radius 1 is 0.686 bits per heavy atom. The largest absolute Gasteiger partial charge is 0.478 e. The molecule has 180 valence electrons. The zero-order valence-corrected chi connectivity index (χ0v) is 18.9. The van der Waals surface area contributed by atoms with E-state index >= 15 is 0 Å². The van der Waals surface area contributed by atoms with E-state index in [1.165, 1.54) is 30.3 Å². The molecule has 3 aromatic carbocycles. The SMILES string of the molecule is CCc1ccc(COC(=O)c2ccc(Oc3ccc(C(=O)O)c(C(=O)OC)c3)cc2C(=O)O)cc1. The first kappa shape index (κ1) is 25.0. The van der Waals surface area contributed by atoms with Gasteiger partial charge in [0.2, 0.25) is 0 Å². The summed E-state index contributed by atoms with van der Waals surface area (Å²) in [5, 5.41) is 18.9. The fraction of sp³-hybridized carbons (Fsp3) is 0.154. The average Bonchev–Trinajstić information content (AvgIpc) is 2.86. The number of methoxy groups -OCH3 is 1. The number of carboxylic acid groups (broad SMARTS) is 2. The summed E-state index contributed by atoms with van der Waals surface area (Å²) in [4.78, 5) is 47.6. The van der Waals surface area contributed by atoms with E-state index in [0.29, 0.717) is 0 Å². The Morgan fingerprint density at radius 2 is 1.23 bits per heavy atom. The number of rotatable bonds is 9. The van der Waals surface area contributed by atoms with Crippen LogP contribution in [-0.2, 0) is 22.5 Å². The van der Waals surface area contributed by atoms with Crippen molar-refractivity contribution in [1.82, 2.24) is 0 Å².